The number of carbonyl (C=O) groups is 1. The predicted octanol–water partition coefficient (Wildman–Crippen LogP) is 2.50. The number of likely N-dealkylation sites (N-methyl/N-ethyl adjacent to an activating group) is 1. The van der Waals surface area contributed by atoms with E-state index in [0.29, 0.717) is 13.1 Å². The standard InChI is InChI=1S/C14H21BrN2O2/c1-4-17(9-14(19)16-10(2)3)8-11-7-12(15)5-6-13(11)18/h5-7,10,18H,4,8-9H2,1-3H3,(H,16,19). The smallest absolute Gasteiger partial charge is 0.234 e. The molecule has 2 N–H and O–H groups in total. The molecule has 1 amide bonds. The zero-order chi connectivity index (χ0) is 14.4. The number of phenolic OH excluding ortho intramolecular Hbond substituents is 1. The second-order valence-electron chi connectivity index (χ2n) is 4.80. The van der Waals surface area contributed by atoms with Gasteiger partial charge in [0.25, 0.3) is 0 Å². The van der Waals surface area contributed by atoms with Crippen LogP contribution in [-0.2, 0) is 11.3 Å². The first kappa shape index (κ1) is 16.0. The van der Waals surface area contributed by atoms with Gasteiger partial charge in [-0.3, -0.25) is 9.69 Å². The number of aromatic hydroxyl groups is 1. The molecule has 0 aromatic heterocycles. The summed E-state index contributed by atoms with van der Waals surface area (Å²) in [6.07, 6.45) is 0. The van der Waals surface area contributed by atoms with Crippen LogP contribution in [0.5, 0.6) is 5.75 Å². The Morgan fingerprint density at radius 1 is 1.47 bits per heavy atom. The SMILES string of the molecule is CCN(CC(=O)NC(C)C)Cc1cc(Br)ccc1O. The first-order valence-corrected chi connectivity index (χ1v) is 7.20. The van der Waals surface area contributed by atoms with E-state index in [2.05, 4.69) is 21.2 Å². The lowest BCUT2D eigenvalue weighted by molar-refractivity contribution is -0.122. The molecule has 4 nitrogen and oxygen atoms in total. The molecule has 0 fully saturated rings. The molecule has 0 bridgehead atoms. The fourth-order valence-electron chi connectivity index (χ4n) is 1.77. The highest BCUT2D eigenvalue weighted by Gasteiger charge is 2.12. The maximum Gasteiger partial charge on any atom is 0.234 e. The Labute approximate surface area is 122 Å². The van der Waals surface area contributed by atoms with Crippen molar-refractivity contribution in [3.8, 4) is 5.75 Å². The van der Waals surface area contributed by atoms with Crippen LogP contribution in [0.3, 0.4) is 0 Å². The van der Waals surface area contributed by atoms with Crippen LogP contribution in [0.25, 0.3) is 0 Å². The third-order valence-corrected chi connectivity index (χ3v) is 3.19. The molecule has 1 aromatic carbocycles. The molecule has 106 valence electrons. The lowest BCUT2D eigenvalue weighted by atomic mass is 10.2. The average molecular weight is 329 g/mol. The van der Waals surface area contributed by atoms with Crippen LogP contribution in [-0.4, -0.2) is 35.0 Å². The normalized spacial score (nSPS) is 11.1. The molecule has 19 heavy (non-hydrogen) atoms. The zero-order valence-electron chi connectivity index (χ0n) is 11.6. The highest BCUT2D eigenvalue weighted by atomic mass is 79.9. The molecule has 0 aliphatic carbocycles. The topological polar surface area (TPSA) is 52.6 Å². The Bertz CT molecular complexity index is 435. The molecule has 0 aliphatic rings. The Morgan fingerprint density at radius 2 is 2.16 bits per heavy atom. The number of hydrogen-bond acceptors (Lipinski definition) is 3. The Hall–Kier alpha value is -1.07. The van der Waals surface area contributed by atoms with Gasteiger partial charge in [0.05, 0.1) is 6.54 Å². The summed E-state index contributed by atoms with van der Waals surface area (Å²) in [5, 5.41) is 12.7. The van der Waals surface area contributed by atoms with Crippen LogP contribution in [0.4, 0.5) is 0 Å². The molecule has 1 aromatic rings. The van der Waals surface area contributed by atoms with Crippen molar-refractivity contribution in [1.82, 2.24) is 10.2 Å². The largest absolute Gasteiger partial charge is 0.508 e. The Kier molecular flexibility index (Phi) is 6.31. The van der Waals surface area contributed by atoms with Gasteiger partial charge in [-0.2, -0.15) is 0 Å². The summed E-state index contributed by atoms with van der Waals surface area (Å²) in [7, 11) is 0. The minimum atomic E-state index is 0.00587. The first-order chi connectivity index (χ1) is 8.92. The van der Waals surface area contributed by atoms with Crippen molar-refractivity contribution < 1.29 is 9.90 Å². The van der Waals surface area contributed by atoms with Crippen molar-refractivity contribution in [2.24, 2.45) is 0 Å². The van der Waals surface area contributed by atoms with Gasteiger partial charge >= 0.3 is 0 Å². The van der Waals surface area contributed by atoms with Crippen LogP contribution >= 0.6 is 15.9 Å². The minimum absolute atomic E-state index is 0.00587. The molecule has 0 heterocycles. The highest BCUT2D eigenvalue weighted by molar-refractivity contribution is 9.10. The number of nitrogens with one attached hydrogen (secondary N) is 1. The van der Waals surface area contributed by atoms with E-state index in [0.717, 1.165) is 16.6 Å². The van der Waals surface area contributed by atoms with E-state index in [1.165, 1.54) is 0 Å². The number of rotatable bonds is 6. The van der Waals surface area contributed by atoms with Gasteiger partial charge in [-0.05, 0) is 38.6 Å². The molecular formula is C14H21BrN2O2. The summed E-state index contributed by atoms with van der Waals surface area (Å²) in [5.74, 6) is 0.261. The number of amides is 1. The van der Waals surface area contributed by atoms with Gasteiger partial charge in [-0.15, -0.1) is 0 Å². The van der Waals surface area contributed by atoms with E-state index in [9.17, 15) is 9.90 Å². The van der Waals surface area contributed by atoms with Crippen LogP contribution in [0, 0.1) is 0 Å². The molecule has 0 saturated heterocycles. The maximum atomic E-state index is 11.7. The van der Waals surface area contributed by atoms with Crippen LogP contribution in [0.1, 0.15) is 26.3 Å². The summed E-state index contributed by atoms with van der Waals surface area (Å²) >= 11 is 3.38. The second kappa shape index (κ2) is 7.50. The maximum absolute atomic E-state index is 11.7. The summed E-state index contributed by atoms with van der Waals surface area (Å²) in [5.41, 5.74) is 0.813. The minimum Gasteiger partial charge on any atom is -0.508 e. The van der Waals surface area contributed by atoms with E-state index in [1.807, 2.05) is 31.7 Å². The number of carbonyl (C=O) groups excluding carboxylic acids is 1. The van der Waals surface area contributed by atoms with Crippen molar-refractivity contribution in [3.05, 3.63) is 28.2 Å². The van der Waals surface area contributed by atoms with Gasteiger partial charge < -0.3 is 10.4 Å². The molecule has 0 radical (unpaired) electrons. The van der Waals surface area contributed by atoms with Crippen molar-refractivity contribution in [2.45, 2.75) is 33.4 Å². The van der Waals surface area contributed by atoms with Crippen LogP contribution < -0.4 is 5.32 Å². The third-order valence-electron chi connectivity index (χ3n) is 2.70. The van der Waals surface area contributed by atoms with E-state index in [4.69, 9.17) is 0 Å². The third kappa shape index (κ3) is 5.61. The summed E-state index contributed by atoms with van der Waals surface area (Å²) in [6.45, 7) is 7.51. The van der Waals surface area contributed by atoms with Crippen molar-refractivity contribution in [2.75, 3.05) is 13.1 Å². The number of benzene rings is 1. The average Bonchev–Trinajstić information content (AvgIpc) is 2.31. The van der Waals surface area contributed by atoms with Gasteiger partial charge in [-0.1, -0.05) is 22.9 Å². The van der Waals surface area contributed by atoms with E-state index in [-0.39, 0.29) is 17.7 Å². The molecule has 0 saturated carbocycles. The summed E-state index contributed by atoms with van der Waals surface area (Å²) in [4.78, 5) is 13.7. The molecule has 0 atom stereocenters. The highest BCUT2D eigenvalue weighted by Crippen LogP contribution is 2.23. The van der Waals surface area contributed by atoms with Crippen molar-refractivity contribution in [3.63, 3.8) is 0 Å². The van der Waals surface area contributed by atoms with Gasteiger partial charge in [-0.25, -0.2) is 0 Å². The number of halogens is 1. The van der Waals surface area contributed by atoms with E-state index < -0.39 is 0 Å². The van der Waals surface area contributed by atoms with E-state index in [1.54, 1.807) is 12.1 Å². The van der Waals surface area contributed by atoms with Crippen LogP contribution in [0.2, 0.25) is 0 Å². The van der Waals surface area contributed by atoms with Crippen LogP contribution in [0.15, 0.2) is 22.7 Å². The molecule has 1 rings (SSSR count). The molecular weight excluding hydrogens is 308 g/mol. The molecule has 0 aliphatic heterocycles. The first-order valence-electron chi connectivity index (χ1n) is 6.41. The molecule has 0 spiro atoms. The lowest BCUT2D eigenvalue weighted by Crippen LogP contribution is -2.39. The molecule has 0 unspecified atom stereocenters. The zero-order valence-corrected chi connectivity index (χ0v) is 13.2. The quantitative estimate of drug-likeness (QED) is 0.843. The van der Waals surface area contributed by atoms with E-state index >= 15 is 0 Å². The van der Waals surface area contributed by atoms with Gasteiger partial charge in [0.15, 0.2) is 0 Å². The number of hydrogen-bond donors (Lipinski definition) is 2. The summed E-state index contributed by atoms with van der Waals surface area (Å²) < 4.78 is 0.919. The second-order valence-corrected chi connectivity index (χ2v) is 5.71. The fourth-order valence-corrected chi connectivity index (χ4v) is 2.18. The lowest BCUT2D eigenvalue weighted by Gasteiger charge is -2.21. The number of nitrogens with zero attached hydrogens (tertiary/aromatic N) is 1. The number of phenols is 1. The fraction of sp³-hybridized carbons (Fsp3) is 0.500. The van der Waals surface area contributed by atoms with Crippen molar-refractivity contribution >= 4 is 21.8 Å². The van der Waals surface area contributed by atoms with Crippen molar-refractivity contribution in [1.29, 1.82) is 0 Å². The van der Waals surface area contributed by atoms with Gasteiger partial charge in [0.1, 0.15) is 5.75 Å². The Balaban J connectivity index is 2.66. The summed E-state index contributed by atoms with van der Waals surface area (Å²) in [6, 6.07) is 5.46. The Morgan fingerprint density at radius 3 is 2.74 bits per heavy atom. The predicted molar refractivity (Wildman–Crippen MR) is 80.0 cm³/mol. The molecule has 5 heteroatoms. The van der Waals surface area contributed by atoms with Gasteiger partial charge in [0, 0.05) is 22.6 Å². The van der Waals surface area contributed by atoms with Gasteiger partial charge in [0.2, 0.25) is 5.91 Å². The monoisotopic (exact) mass is 328 g/mol.